The highest BCUT2D eigenvalue weighted by molar-refractivity contribution is 5.79. The largest absolute Gasteiger partial charge is 0.493 e. The van der Waals surface area contributed by atoms with Gasteiger partial charge >= 0.3 is 0 Å². The first-order chi connectivity index (χ1) is 13.6. The van der Waals surface area contributed by atoms with Gasteiger partial charge in [-0.25, -0.2) is 0 Å². The van der Waals surface area contributed by atoms with Crippen LogP contribution in [0.3, 0.4) is 0 Å². The van der Waals surface area contributed by atoms with Gasteiger partial charge in [-0.2, -0.15) is 5.26 Å². The molecule has 0 aliphatic heterocycles. The molecule has 0 spiro atoms. The van der Waals surface area contributed by atoms with Gasteiger partial charge in [0.05, 0.1) is 39.4 Å². The SMILES string of the molecule is C=CCN(Cc1cccc(C#N)c1)C(=O)Cc1cc(OC)c(OC)c(OC)c1. The van der Waals surface area contributed by atoms with E-state index in [0.29, 0.717) is 35.9 Å². The number of amides is 1. The van der Waals surface area contributed by atoms with Crippen LogP contribution in [0.4, 0.5) is 0 Å². The van der Waals surface area contributed by atoms with E-state index < -0.39 is 0 Å². The Morgan fingerprint density at radius 2 is 1.79 bits per heavy atom. The molecule has 0 unspecified atom stereocenters. The van der Waals surface area contributed by atoms with Crippen molar-refractivity contribution in [1.82, 2.24) is 4.90 Å². The smallest absolute Gasteiger partial charge is 0.227 e. The number of hydrogen-bond donors (Lipinski definition) is 0. The number of carbonyl (C=O) groups is 1. The minimum Gasteiger partial charge on any atom is -0.493 e. The van der Waals surface area contributed by atoms with Crippen LogP contribution in [-0.2, 0) is 17.8 Å². The Kier molecular flexibility index (Phi) is 7.46. The molecule has 2 aromatic rings. The maximum Gasteiger partial charge on any atom is 0.227 e. The second kappa shape index (κ2) is 10.0. The number of rotatable bonds is 9. The first kappa shape index (κ1) is 20.8. The maximum absolute atomic E-state index is 12.9. The van der Waals surface area contributed by atoms with Gasteiger partial charge in [-0.3, -0.25) is 4.79 Å². The third-order valence-corrected chi connectivity index (χ3v) is 4.21. The monoisotopic (exact) mass is 380 g/mol. The van der Waals surface area contributed by atoms with E-state index in [4.69, 9.17) is 19.5 Å². The Morgan fingerprint density at radius 1 is 1.11 bits per heavy atom. The van der Waals surface area contributed by atoms with Gasteiger partial charge < -0.3 is 19.1 Å². The first-order valence-electron chi connectivity index (χ1n) is 8.72. The highest BCUT2D eigenvalue weighted by atomic mass is 16.5. The van der Waals surface area contributed by atoms with Gasteiger partial charge in [0.2, 0.25) is 11.7 Å². The Morgan fingerprint density at radius 3 is 2.32 bits per heavy atom. The standard InChI is InChI=1S/C22H24N2O4/c1-5-9-24(15-17-8-6-7-16(10-17)14-23)21(25)13-18-11-19(26-2)22(28-4)20(12-18)27-3/h5-8,10-12H,1,9,13,15H2,2-4H3. The molecule has 0 atom stereocenters. The Balaban J connectivity index is 2.24. The summed E-state index contributed by atoms with van der Waals surface area (Å²) in [5, 5.41) is 9.06. The van der Waals surface area contributed by atoms with E-state index in [-0.39, 0.29) is 12.3 Å². The molecule has 0 bridgehead atoms. The van der Waals surface area contributed by atoms with E-state index in [1.807, 2.05) is 12.1 Å². The topological polar surface area (TPSA) is 71.8 Å². The van der Waals surface area contributed by atoms with Crippen LogP contribution >= 0.6 is 0 Å². The quantitative estimate of drug-likeness (QED) is 0.624. The van der Waals surface area contributed by atoms with Crippen molar-refractivity contribution in [3.63, 3.8) is 0 Å². The van der Waals surface area contributed by atoms with Gasteiger partial charge in [-0.05, 0) is 35.4 Å². The zero-order valence-corrected chi connectivity index (χ0v) is 16.4. The summed E-state index contributed by atoms with van der Waals surface area (Å²) in [5.41, 5.74) is 2.20. The molecule has 0 radical (unpaired) electrons. The van der Waals surface area contributed by atoms with E-state index in [1.54, 1.807) is 35.2 Å². The van der Waals surface area contributed by atoms with Crippen LogP contribution in [-0.4, -0.2) is 38.7 Å². The average Bonchev–Trinajstić information content (AvgIpc) is 2.72. The third kappa shape index (κ3) is 5.04. The molecular weight excluding hydrogens is 356 g/mol. The predicted molar refractivity (Wildman–Crippen MR) is 107 cm³/mol. The summed E-state index contributed by atoms with van der Waals surface area (Å²) >= 11 is 0. The van der Waals surface area contributed by atoms with Crippen molar-refractivity contribution in [2.75, 3.05) is 27.9 Å². The normalized spacial score (nSPS) is 9.93. The van der Waals surface area contributed by atoms with Crippen molar-refractivity contribution in [2.24, 2.45) is 0 Å². The number of nitrogens with zero attached hydrogens (tertiary/aromatic N) is 2. The second-order valence-electron chi connectivity index (χ2n) is 6.09. The van der Waals surface area contributed by atoms with Crippen molar-refractivity contribution < 1.29 is 19.0 Å². The molecule has 0 aromatic heterocycles. The van der Waals surface area contributed by atoms with Crippen molar-refractivity contribution in [3.05, 3.63) is 65.7 Å². The van der Waals surface area contributed by atoms with E-state index in [1.165, 1.54) is 21.3 Å². The summed E-state index contributed by atoms with van der Waals surface area (Å²) in [4.78, 5) is 14.6. The highest BCUT2D eigenvalue weighted by Gasteiger charge is 2.18. The lowest BCUT2D eigenvalue weighted by atomic mass is 10.1. The molecular formula is C22H24N2O4. The minimum atomic E-state index is -0.0727. The molecule has 0 saturated heterocycles. The van der Waals surface area contributed by atoms with Crippen LogP contribution in [0, 0.1) is 11.3 Å². The number of hydrogen-bond acceptors (Lipinski definition) is 5. The van der Waals surface area contributed by atoms with Gasteiger partial charge in [-0.15, -0.1) is 6.58 Å². The first-order valence-corrected chi connectivity index (χ1v) is 8.72. The van der Waals surface area contributed by atoms with Crippen molar-refractivity contribution in [1.29, 1.82) is 5.26 Å². The molecule has 2 aromatic carbocycles. The fourth-order valence-electron chi connectivity index (χ4n) is 2.89. The molecule has 6 nitrogen and oxygen atoms in total. The molecule has 0 heterocycles. The Labute approximate surface area is 165 Å². The molecule has 0 aliphatic rings. The summed E-state index contributed by atoms with van der Waals surface area (Å²) in [7, 11) is 4.61. The fraction of sp³-hybridized carbons (Fsp3) is 0.273. The summed E-state index contributed by atoms with van der Waals surface area (Å²) in [6, 6.07) is 12.9. The lowest BCUT2D eigenvalue weighted by Crippen LogP contribution is -2.32. The van der Waals surface area contributed by atoms with Crippen molar-refractivity contribution in [2.45, 2.75) is 13.0 Å². The average molecular weight is 380 g/mol. The Bertz CT molecular complexity index is 861. The zero-order chi connectivity index (χ0) is 20.5. The van der Waals surface area contributed by atoms with E-state index >= 15 is 0 Å². The number of ether oxygens (including phenoxy) is 3. The summed E-state index contributed by atoms with van der Waals surface area (Å²) in [6.45, 7) is 4.54. The number of carbonyl (C=O) groups excluding carboxylic acids is 1. The van der Waals surface area contributed by atoms with E-state index in [2.05, 4.69) is 12.6 Å². The minimum absolute atomic E-state index is 0.0727. The molecule has 0 saturated carbocycles. The van der Waals surface area contributed by atoms with Crippen LogP contribution < -0.4 is 14.2 Å². The fourth-order valence-corrected chi connectivity index (χ4v) is 2.89. The summed E-state index contributed by atoms with van der Waals surface area (Å²) in [6.07, 6.45) is 1.85. The maximum atomic E-state index is 12.9. The zero-order valence-electron chi connectivity index (χ0n) is 16.4. The van der Waals surface area contributed by atoms with Crippen LogP contribution in [0.1, 0.15) is 16.7 Å². The molecule has 0 aliphatic carbocycles. The molecule has 0 fully saturated rings. The van der Waals surface area contributed by atoms with Crippen LogP contribution in [0.25, 0.3) is 0 Å². The van der Waals surface area contributed by atoms with Crippen LogP contribution in [0.5, 0.6) is 17.2 Å². The van der Waals surface area contributed by atoms with Crippen molar-refractivity contribution in [3.8, 4) is 23.3 Å². The predicted octanol–water partition coefficient (Wildman–Crippen LogP) is 3.34. The number of benzene rings is 2. The lowest BCUT2D eigenvalue weighted by molar-refractivity contribution is -0.130. The van der Waals surface area contributed by atoms with E-state index in [0.717, 1.165) is 11.1 Å². The molecule has 28 heavy (non-hydrogen) atoms. The number of nitriles is 1. The molecule has 1 amide bonds. The number of methoxy groups -OCH3 is 3. The van der Waals surface area contributed by atoms with Gasteiger partial charge in [0, 0.05) is 13.1 Å². The Hall–Kier alpha value is -3.46. The van der Waals surface area contributed by atoms with Gasteiger partial charge in [0.25, 0.3) is 0 Å². The van der Waals surface area contributed by atoms with Gasteiger partial charge in [-0.1, -0.05) is 18.2 Å². The third-order valence-electron chi connectivity index (χ3n) is 4.21. The van der Waals surface area contributed by atoms with Crippen LogP contribution in [0.15, 0.2) is 49.1 Å². The summed E-state index contributed by atoms with van der Waals surface area (Å²) in [5.74, 6) is 1.41. The second-order valence-corrected chi connectivity index (χ2v) is 6.09. The molecule has 146 valence electrons. The highest BCUT2D eigenvalue weighted by Crippen LogP contribution is 2.38. The molecule has 0 N–H and O–H groups in total. The van der Waals surface area contributed by atoms with Gasteiger partial charge in [0.15, 0.2) is 11.5 Å². The van der Waals surface area contributed by atoms with Crippen LogP contribution in [0.2, 0.25) is 0 Å². The van der Waals surface area contributed by atoms with Gasteiger partial charge in [0.1, 0.15) is 0 Å². The van der Waals surface area contributed by atoms with E-state index in [9.17, 15) is 4.79 Å². The molecule has 6 heteroatoms. The summed E-state index contributed by atoms with van der Waals surface area (Å²) < 4.78 is 16.0. The lowest BCUT2D eigenvalue weighted by Gasteiger charge is -2.22. The van der Waals surface area contributed by atoms with Crippen molar-refractivity contribution >= 4 is 5.91 Å². The molecule has 2 rings (SSSR count).